The van der Waals surface area contributed by atoms with E-state index >= 15 is 0 Å². The molecule has 2 bridgehead atoms. The zero-order chi connectivity index (χ0) is 13.2. The summed E-state index contributed by atoms with van der Waals surface area (Å²) < 4.78 is 5.16. The quantitative estimate of drug-likeness (QED) is 0.897. The lowest BCUT2D eigenvalue weighted by Gasteiger charge is -2.36. The topological polar surface area (TPSA) is 37.4 Å². The highest BCUT2D eigenvalue weighted by atomic mass is 16.5. The van der Waals surface area contributed by atoms with Gasteiger partial charge in [-0.2, -0.15) is 0 Å². The molecule has 2 aliphatic rings. The molecule has 19 heavy (non-hydrogen) atoms. The van der Waals surface area contributed by atoms with E-state index in [1.54, 1.807) is 7.11 Å². The van der Waals surface area contributed by atoms with E-state index in [0.717, 1.165) is 18.6 Å². The summed E-state index contributed by atoms with van der Waals surface area (Å²) in [6.07, 6.45) is 7.14. The van der Waals surface area contributed by atoms with E-state index in [1.165, 1.54) is 31.2 Å². The molecule has 104 valence electrons. The third-order valence-corrected chi connectivity index (χ3v) is 4.70. The van der Waals surface area contributed by atoms with Crippen molar-refractivity contribution in [3.63, 3.8) is 0 Å². The monoisotopic (exact) mass is 261 g/mol. The Morgan fingerprint density at radius 1 is 1.37 bits per heavy atom. The van der Waals surface area contributed by atoms with Crippen molar-refractivity contribution in [2.24, 2.45) is 0 Å². The van der Waals surface area contributed by atoms with Crippen LogP contribution in [0, 0.1) is 0 Å². The average molecular weight is 261 g/mol. The molecule has 3 rings (SSSR count). The number of rotatable bonds is 4. The molecule has 3 heterocycles. The van der Waals surface area contributed by atoms with Gasteiger partial charge in [-0.25, -0.2) is 4.98 Å². The molecule has 1 N–H and O–H groups in total. The van der Waals surface area contributed by atoms with Crippen molar-refractivity contribution in [3.05, 3.63) is 23.9 Å². The highest BCUT2D eigenvalue weighted by Crippen LogP contribution is 2.34. The van der Waals surface area contributed by atoms with Gasteiger partial charge in [0, 0.05) is 36.9 Å². The smallest absolute Gasteiger partial charge is 0.213 e. The molecule has 2 unspecified atom stereocenters. The van der Waals surface area contributed by atoms with Gasteiger partial charge in [-0.1, -0.05) is 0 Å². The number of piperidine rings is 1. The summed E-state index contributed by atoms with van der Waals surface area (Å²) in [6.45, 7) is 0.909. The van der Waals surface area contributed by atoms with Crippen LogP contribution >= 0.6 is 0 Å². The van der Waals surface area contributed by atoms with Crippen LogP contribution in [0.5, 0.6) is 5.88 Å². The minimum atomic E-state index is 0.660. The van der Waals surface area contributed by atoms with Crippen LogP contribution in [0.3, 0.4) is 0 Å². The standard InChI is InChI=1S/C15H23N3O/c1-18-13-3-4-14(18)9-12(8-13)17-10-11-5-6-16-15(7-11)19-2/h5-7,12-14,17H,3-4,8-10H2,1-2H3. The number of nitrogens with one attached hydrogen (secondary N) is 1. The Kier molecular flexibility index (Phi) is 3.71. The second-order valence-corrected chi connectivity index (χ2v) is 5.81. The minimum absolute atomic E-state index is 0.660. The molecule has 4 nitrogen and oxygen atoms in total. The number of pyridine rings is 1. The predicted octanol–water partition coefficient (Wildman–Crippen LogP) is 1.80. The van der Waals surface area contributed by atoms with Crippen LogP contribution in [0.4, 0.5) is 0 Å². The van der Waals surface area contributed by atoms with Gasteiger partial charge >= 0.3 is 0 Å². The van der Waals surface area contributed by atoms with Gasteiger partial charge < -0.3 is 15.0 Å². The largest absolute Gasteiger partial charge is 0.481 e. The number of ether oxygens (including phenoxy) is 1. The SMILES string of the molecule is COc1cc(CNC2CC3CCC(C2)N3C)ccn1. The van der Waals surface area contributed by atoms with Crippen LogP contribution in [0.1, 0.15) is 31.2 Å². The molecule has 1 aromatic rings. The first-order chi connectivity index (χ1) is 9.26. The fraction of sp³-hybridized carbons (Fsp3) is 0.667. The summed E-state index contributed by atoms with van der Waals surface area (Å²) in [5.41, 5.74) is 1.25. The lowest BCUT2D eigenvalue weighted by Crippen LogP contribution is -2.46. The Bertz CT molecular complexity index is 423. The zero-order valence-electron chi connectivity index (χ0n) is 11.8. The number of fused-ring (bicyclic) bond motifs is 2. The van der Waals surface area contributed by atoms with E-state index in [9.17, 15) is 0 Å². The van der Waals surface area contributed by atoms with Gasteiger partial charge in [0.15, 0.2) is 0 Å². The highest BCUT2D eigenvalue weighted by Gasteiger charge is 2.37. The van der Waals surface area contributed by atoms with Gasteiger partial charge in [-0.3, -0.25) is 0 Å². The third-order valence-electron chi connectivity index (χ3n) is 4.70. The van der Waals surface area contributed by atoms with Gasteiger partial charge in [0.1, 0.15) is 0 Å². The normalized spacial score (nSPS) is 30.5. The molecule has 0 aromatic carbocycles. The summed E-state index contributed by atoms with van der Waals surface area (Å²) in [5, 5.41) is 3.70. The molecule has 0 saturated carbocycles. The first-order valence-corrected chi connectivity index (χ1v) is 7.20. The molecule has 2 saturated heterocycles. The Balaban J connectivity index is 1.55. The van der Waals surface area contributed by atoms with Crippen LogP contribution in [0.25, 0.3) is 0 Å². The summed E-state index contributed by atoms with van der Waals surface area (Å²) in [4.78, 5) is 6.72. The van der Waals surface area contributed by atoms with Crippen LogP contribution in [0.2, 0.25) is 0 Å². The lowest BCUT2D eigenvalue weighted by atomic mass is 9.98. The number of hydrogen-bond acceptors (Lipinski definition) is 4. The summed E-state index contributed by atoms with van der Waals surface area (Å²) in [5.74, 6) is 0.697. The average Bonchev–Trinajstić information content (AvgIpc) is 2.68. The van der Waals surface area contributed by atoms with Crippen LogP contribution < -0.4 is 10.1 Å². The minimum Gasteiger partial charge on any atom is -0.481 e. The van der Waals surface area contributed by atoms with Crippen molar-refractivity contribution in [3.8, 4) is 5.88 Å². The van der Waals surface area contributed by atoms with Crippen LogP contribution in [0.15, 0.2) is 18.3 Å². The number of hydrogen-bond donors (Lipinski definition) is 1. The zero-order valence-corrected chi connectivity index (χ0v) is 11.8. The molecule has 2 fully saturated rings. The van der Waals surface area contributed by atoms with E-state index in [2.05, 4.69) is 28.3 Å². The first kappa shape index (κ1) is 12.9. The third kappa shape index (κ3) is 2.74. The van der Waals surface area contributed by atoms with Crippen molar-refractivity contribution >= 4 is 0 Å². The second kappa shape index (κ2) is 5.47. The van der Waals surface area contributed by atoms with Crippen molar-refractivity contribution in [2.75, 3.05) is 14.2 Å². The van der Waals surface area contributed by atoms with E-state index in [4.69, 9.17) is 4.74 Å². The number of nitrogens with zero attached hydrogens (tertiary/aromatic N) is 2. The van der Waals surface area contributed by atoms with Crippen molar-refractivity contribution in [1.82, 2.24) is 15.2 Å². The fourth-order valence-electron chi connectivity index (χ4n) is 3.51. The lowest BCUT2D eigenvalue weighted by molar-refractivity contribution is 0.148. The molecule has 1 aromatic heterocycles. The highest BCUT2D eigenvalue weighted by molar-refractivity contribution is 5.20. The number of aromatic nitrogens is 1. The molecular formula is C15H23N3O. The first-order valence-electron chi connectivity index (χ1n) is 7.20. The maximum atomic E-state index is 5.16. The maximum absolute atomic E-state index is 5.16. The molecule has 2 atom stereocenters. The Hall–Kier alpha value is -1.13. The van der Waals surface area contributed by atoms with Gasteiger partial charge in [-0.05, 0) is 44.4 Å². The maximum Gasteiger partial charge on any atom is 0.213 e. The number of methoxy groups -OCH3 is 1. The Morgan fingerprint density at radius 3 is 2.79 bits per heavy atom. The molecule has 0 aliphatic carbocycles. The molecule has 2 aliphatic heterocycles. The second-order valence-electron chi connectivity index (χ2n) is 5.81. The van der Waals surface area contributed by atoms with Crippen LogP contribution in [-0.2, 0) is 6.54 Å². The molecule has 0 spiro atoms. The molecule has 0 amide bonds. The molecular weight excluding hydrogens is 238 g/mol. The summed E-state index contributed by atoms with van der Waals surface area (Å²) in [7, 11) is 3.94. The van der Waals surface area contributed by atoms with Gasteiger partial charge in [0.25, 0.3) is 0 Å². The Labute approximate surface area is 115 Å². The van der Waals surface area contributed by atoms with E-state index < -0.39 is 0 Å². The van der Waals surface area contributed by atoms with Crippen molar-refractivity contribution < 1.29 is 4.74 Å². The molecule has 4 heteroatoms. The van der Waals surface area contributed by atoms with Gasteiger partial charge in [0.2, 0.25) is 5.88 Å². The van der Waals surface area contributed by atoms with Gasteiger partial charge in [0.05, 0.1) is 7.11 Å². The van der Waals surface area contributed by atoms with Crippen molar-refractivity contribution in [2.45, 2.75) is 50.4 Å². The van der Waals surface area contributed by atoms with Crippen LogP contribution in [-0.4, -0.2) is 42.2 Å². The van der Waals surface area contributed by atoms with E-state index in [0.29, 0.717) is 11.9 Å². The molecule has 0 radical (unpaired) electrons. The van der Waals surface area contributed by atoms with Crippen molar-refractivity contribution in [1.29, 1.82) is 0 Å². The predicted molar refractivity (Wildman–Crippen MR) is 75.2 cm³/mol. The van der Waals surface area contributed by atoms with E-state index in [-0.39, 0.29) is 0 Å². The van der Waals surface area contributed by atoms with Gasteiger partial charge in [-0.15, -0.1) is 0 Å². The summed E-state index contributed by atoms with van der Waals surface area (Å²) in [6, 6.07) is 6.31. The van der Waals surface area contributed by atoms with E-state index in [1.807, 2.05) is 12.3 Å². The summed E-state index contributed by atoms with van der Waals surface area (Å²) >= 11 is 0. The fourth-order valence-corrected chi connectivity index (χ4v) is 3.51. The Morgan fingerprint density at radius 2 is 2.11 bits per heavy atom.